The highest BCUT2D eigenvalue weighted by molar-refractivity contribution is 5.82. The van der Waals surface area contributed by atoms with E-state index in [-0.39, 0.29) is 7.43 Å². The van der Waals surface area contributed by atoms with E-state index < -0.39 is 0 Å². The molecule has 30 heavy (non-hydrogen) atoms. The quantitative estimate of drug-likeness (QED) is 0.311. The Hall–Kier alpha value is -2.60. The van der Waals surface area contributed by atoms with E-state index in [1.165, 1.54) is 40.8 Å². The second-order valence-corrected chi connectivity index (χ2v) is 6.05. The Bertz CT molecular complexity index is 657. The molecule has 0 bridgehead atoms. The lowest BCUT2D eigenvalue weighted by molar-refractivity contribution is 0.772. The van der Waals surface area contributed by atoms with E-state index in [1.54, 1.807) is 0 Å². The van der Waals surface area contributed by atoms with Gasteiger partial charge in [-0.05, 0) is 21.5 Å². The van der Waals surface area contributed by atoms with Gasteiger partial charge in [0.25, 0.3) is 0 Å². The van der Waals surface area contributed by atoms with Crippen molar-refractivity contribution in [1.29, 1.82) is 0 Å². The number of benzene rings is 4. The highest BCUT2D eigenvalue weighted by Crippen LogP contribution is 2.12. The monoisotopic (exact) mass is 404 g/mol. The van der Waals surface area contributed by atoms with Gasteiger partial charge < -0.3 is 0 Å². The first-order valence-corrected chi connectivity index (χ1v) is 11.2. The molecule has 0 heterocycles. The van der Waals surface area contributed by atoms with Gasteiger partial charge in [-0.3, -0.25) is 0 Å². The maximum absolute atomic E-state index is 2.21. The molecule has 0 spiro atoms. The normalized spacial score (nSPS) is 8.47. The molecular weight excluding hydrogens is 360 g/mol. The molecular formula is C30H44. The minimum Gasteiger partial charge on any atom is -0.0776 e. The molecule has 0 aliphatic carbocycles. The number of unbranched alkanes of at least 4 members (excludes halogenated alkanes) is 2. The Morgan fingerprint density at radius 2 is 0.567 bits per heavy atom. The first kappa shape index (κ1) is 29.6. The summed E-state index contributed by atoms with van der Waals surface area (Å²) >= 11 is 0. The number of rotatable bonds is 2. The number of hydrogen-bond donors (Lipinski definition) is 0. The summed E-state index contributed by atoms with van der Waals surface area (Å²) in [5.41, 5.74) is 0. The maximum atomic E-state index is 2.21. The Morgan fingerprint density at radius 1 is 0.400 bits per heavy atom. The topological polar surface area (TPSA) is 0 Å². The summed E-state index contributed by atoms with van der Waals surface area (Å²) < 4.78 is 0. The molecule has 0 fully saturated rings. The van der Waals surface area contributed by atoms with Gasteiger partial charge in [-0.2, -0.15) is 0 Å². The maximum Gasteiger partial charge on any atom is -0.0184 e. The van der Waals surface area contributed by atoms with E-state index in [0.717, 1.165) is 0 Å². The van der Waals surface area contributed by atoms with Gasteiger partial charge >= 0.3 is 0 Å². The van der Waals surface area contributed by atoms with Crippen molar-refractivity contribution < 1.29 is 0 Å². The minimum atomic E-state index is 0. The molecule has 0 radical (unpaired) electrons. The summed E-state index contributed by atoms with van der Waals surface area (Å²) in [7, 11) is 0. The predicted octanol–water partition coefficient (Wildman–Crippen LogP) is 10.6. The molecule has 4 rings (SSSR count). The van der Waals surface area contributed by atoms with Crippen LogP contribution >= 0.6 is 0 Å². The summed E-state index contributed by atoms with van der Waals surface area (Å²) in [6.45, 7) is 12.4. The summed E-state index contributed by atoms with van der Waals surface area (Å²) in [6.07, 6.45) is 4.08. The first-order chi connectivity index (χ1) is 14.3. The fourth-order valence-electron chi connectivity index (χ4n) is 2.62. The summed E-state index contributed by atoms with van der Waals surface area (Å²) in [6, 6.07) is 33.4. The van der Waals surface area contributed by atoms with Gasteiger partial charge in [0.05, 0.1) is 0 Å². The van der Waals surface area contributed by atoms with E-state index in [4.69, 9.17) is 0 Å². The number of hydrogen-bond acceptors (Lipinski definition) is 0. The SMILES string of the molecule is C.CC.CC.CCCCC.c1ccc2ccccc2c1.c1ccc2ccccc2c1. The van der Waals surface area contributed by atoms with Crippen molar-refractivity contribution in [2.45, 2.75) is 68.2 Å². The molecule has 0 N–H and O–H groups in total. The van der Waals surface area contributed by atoms with Crippen LogP contribution in [0.5, 0.6) is 0 Å². The molecule has 0 amide bonds. The lowest BCUT2D eigenvalue weighted by Crippen LogP contribution is -1.67. The smallest absolute Gasteiger partial charge is 0.0184 e. The molecule has 0 saturated heterocycles. The highest BCUT2D eigenvalue weighted by atomic mass is 13.9. The largest absolute Gasteiger partial charge is 0.0776 e. The Kier molecular flexibility index (Phi) is 20.8. The molecule has 0 saturated carbocycles. The lowest BCUT2D eigenvalue weighted by atomic mass is 10.1. The average molecular weight is 405 g/mol. The third-order valence-corrected chi connectivity index (χ3v) is 4.02. The van der Waals surface area contributed by atoms with Gasteiger partial charge in [0.15, 0.2) is 0 Å². The van der Waals surface area contributed by atoms with Gasteiger partial charge in [0.1, 0.15) is 0 Å². The molecule has 0 aromatic heterocycles. The van der Waals surface area contributed by atoms with E-state index in [2.05, 4.69) is 111 Å². The molecule has 0 unspecified atom stereocenters. The Labute approximate surface area is 187 Å². The van der Waals surface area contributed by atoms with Crippen molar-refractivity contribution in [3.8, 4) is 0 Å². The van der Waals surface area contributed by atoms with E-state index in [0.29, 0.717) is 0 Å². The standard InChI is InChI=1S/2C10H8.C5H12.2C2H6.CH4/c2*1-2-6-10-8-4-3-7-9(10)5-1;1-3-5-4-2;2*1-2;/h2*1-8H;3-5H2,1-2H3;2*1-2H3;1H4. The van der Waals surface area contributed by atoms with Crippen LogP contribution < -0.4 is 0 Å². The third-order valence-electron chi connectivity index (χ3n) is 4.02. The highest BCUT2D eigenvalue weighted by Gasteiger charge is 1.86. The summed E-state index contributed by atoms with van der Waals surface area (Å²) in [5, 5.41) is 5.24. The van der Waals surface area contributed by atoms with Crippen LogP contribution in [0.15, 0.2) is 97.1 Å². The van der Waals surface area contributed by atoms with Crippen LogP contribution in [0.3, 0.4) is 0 Å². The molecule has 164 valence electrons. The zero-order valence-corrected chi connectivity index (χ0v) is 19.4. The lowest BCUT2D eigenvalue weighted by Gasteiger charge is -1.92. The van der Waals surface area contributed by atoms with Crippen LogP contribution in [-0.2, 0) is 0 Å². The summed E-state index contributed by atoms with van der Waals surface area (Å²) in [4.78, 5) is 0. The van der Waals surface area contributed by atoms with Gasteiger partial charge in [-0.1, -0.05) is 165 Å². The second kappa shape index (κ2) is 21.1. The summed E-state index contributed by atoms with van der Waals surface area (Å²) in [5.74, 6) is 0. The minimum absolute atomic E-state index is 0. The van der Waals surface area contributed by atoms with Crippen LogP contribution in [0.1, 0.15) is 68.2 Å². The van der Waals surface area contributed by atoms with Gasteiger partial charge in [-0.15, -0.1) is 0 Å². The molecule has 0 heteroatoms. The van der Waals surface area contributed by atoms with Crippen LogP contribution in [0.25, 0.3) is 21.5 Å². The van der Waals surface area contributed by atoms with Gasteiger partial charge in [-0.25, -0.2) is 0 Å². The fraction of sp³-hybridized carbons (Fsp3) is 0.333. The Morgan fingerprint density at radius 3 is 0.667 bits per heavy atom. The van der Waals surface area contributed by atoms with Gasteiger partial charge in [0, 0.05) is 0 Å². The van der Waals surface area contributed by atoms with Crippen molar-refractivity contribution in [2.24, 2.45) is 0 Å². The van der Waals surface area contributed by atoms with E-state index in [1.807, 2.05) is 27.7 Å². The zero-order chi connectivity index (χ0) is 21.7. The van der Waals surface area contributed by atoms with Crippen molar-refractivity contribution in [3.05, 3.63) is 97.1 Å². The average Bonchev–Trinajstić information content (AvgIpc) is 2.83. The molecule has 4 aromatic carbocycles. The van der Waals surface area contributed by atoms with E-state index in [9.17, 15) is 0 Å². The van der Waals surface area contributed by atoms with Crippen LogP contribution in [-0.4, -0.2) is 0 Å². The van der Waals surface area contributed by atoms with Crippen molar-refractivity contribution in [2.75, 3.05) is 0 Å². The Balaban J connectivity index is 0. The third kappa shape index (κ3) is 12.1. The van der Waals surface area contributed by atoms with Crippen LogP contribution in [0, 0.1) is 0 Å². The van der Waals surface area contributed by atoms with Crippen molar-refractivity contribution in [3.63, 3.8) is 0 Å². The van der Waals surface area contributed by atoms with E-state index >= 15 is 0 Å². The van der Waals surface area contributed by atoms with Crippen LogP contribution in [0.2, 0.25) is 0 Å². The van der Waals surface area contributed by atoms with Crippen LogP contribution in [0.4, 0.5) is 0 Å². The first-order valence-electron chi connectivity index (χ1n) is 11.2. The predicted molar refractivity (Wildman–Crippen MR) is 143 cm³/mol. The molecule has 0 nitrogen and oxygen atoms in total. The molecule has 0 aliphatic rings. The molecule has 0 atom stereocenters. The molecule has 4 aromatic rings. The second-order valence-electron chi connectivity index (χ2n) is 6.05. The number of fused-ring (bicyclic) bond motifs is 2. The van der Waals surface area contributed by atoms with Gasteiger partial charge in [0.2, 0.25) is 0 Å². The van der Waals surface area contributed by atoms with Crippen molar-refractivity contribution in [1.82, 2.24) is 0 Å². The fourth-order valence-corrected chi connectivity index (χ4v) is 2.62. The molecule has 0 aliphatic heterocycles. The van der Waals surface area contributed by atoms with Crippen molar-refractivity contribution >= 4 is 21.5 Å². The zero-order valence-electron chi connectivity index (χ0n) is 19.4.